The molecule has 0 aliphatic rings. The summed E-state index contributed by atoms with van der Waals surface area (Å²) >= 11 is 0. The van der Waals surface area contributed by atoms with Crippen LogP contribution < -0.4 is 0 Å². The number of carbonyl (C=O) groups excluding carboxylic acids is 3. The fourth-order valence-electron chi connectivity index (χ4n) is 1.00. The summed E-state index contributed by atoms with van der Waals surface area (Å²) in [7, 11) is 0. The van der Waals surface area contributed by atoms with Crippen molar-refractivity contribution in [2.75, 3.05) is 6.61 Å². The fourth-order valence-corrected chi connectivity index (χ4v) is 1.00. The van der Waals surface area contributed by atoms with Crippen LogP contribution in [0.25, 0.3) is 0 Å². The Kier molecular flexibility index (Phi) is 4.77. The van der Waals surface area contributed by atoms with Gasteiger partial charge in [-0.2, -0.15) is 0 Å². The minimum absolute atomic E-state index is 0.210. The lowest BCUT2D eigenvalue weighted by molar-refractivity contribution is -0.145. The molecule has 0 radical (unpaired) electrons. The molecule has 2 N–H and O–H groups in total. The van der Waals surface area contributed by atoms with Gasteiger partial charge in [0.15, 0.2) is 5.78 Å². The second-order valence-corrected chi connectivity index (χ2v) is 4.18. The second kappa shape index (κ2) is 5.14. The Morgan fingerprint density at radius 2 is 1.87 bits per heavy atom. The molecule has 5 nitrogen and oxygen atoms in total. The number of aliphatic hydroxyl groups is 2. The van der Waals surface area contributed by atoms with E-state index in [2.05, 4.69) is 0 Å². The summed E-state index contributed by atoms with van der Waals surface area (Å²) < 4.78 is 0. The highest BCUT2D eigenvalue weighted by atomic mass is 16.3. The minimum Gasteiger partial charge on any atom is -0.396 e. The van der Waals surface area contributed by atoms with Crippen LogP contribution in [-0.2, 0) is 14.4 Å². The molecule has 2 atom stereocenters. The number of hydrogen-bond donors (Lipinski definition) is 2. The van der Waals surface area contributed by atoms with Gasteiger partial charge in [0.1, 0.15) is 24.1 Å². The van der Waals surface area contributed by atoms with Crippen molar-refractivity contribution in [2.45, 2.75) is 26.9 Å². The van der Waals surface area contributed by atoms with E-state index in [-0.39, 0.29) is 6.29 Å². The van der Waals surface area contributed by atoms with Gasteiger partial charge in [-0.15, -0.1) is 0 Å². The fraction of sp³-hybridized carbons (Fsp3) is 0.700. The van der Waals surface area contributed by atoms with Gasteiger partial charge in [-0.3, -0.25) is 9.59 Å². The highest BCUT2D eigenvalue weighted by molar-refractivity contribution is 6.14. The lowest BCUT2D eigenvalue weighted by Crippen LogP contribution is -2.44. The first-order valence-corrected chi connectivity index (χ1v) is 4.56. The van der Waals surface area contributed by atoms with Gasteiger partial charge in [-0.1, -0.05) is 13.8 Å². The van der Waals surface area contributed by atoms with Crippen LogP contribution in [0.1, 0.15) is 20.8 Å². The van der Waals surface area contributed by atoms with Gasteiger partial charge < -0.3 is 15.0 Å². The molecule has 0 rings (SSSR count). The summed E-state index contributed by atoms with van der Waals surface area (Å²) in [6, 6.07) is 0. The average molecular weight is 216 g/mol. The van der Waals surface area contributed by atoms with Crippen LogP contribution in [0.5, 0.6) is 0 Å². The van der Waals surface area contributed by atoms with Crippen LogP contribution in [0, 0.1) is 11.3 Å². The number of aliphatic hydroxyl groups excluding tert-OH is 2. The van der Waals surface area contributed by atoms with Gasteiger partial charge in [-0.05, 0) is 6.92 Å². The molecule has 0 aromatic rings. The molecule has 0 heterocycles. The Hall–Kier alpha value is -1.07. The molecule has 0 spiro atoms. The quantitative estimate of drug-likeness (QED) is 0.454. The minimum atomic E-state index is -1.53. The van der Waals surface area contributed by atoms with Crippen LogP contribution in [0.3, 0.4) is 0 Å². The molecule has 0 aromatic heterocycles. The van der Waals surface area contributed by atoms with Crippen molar-refractivity contribution < 1.29 is 24.6 Å². The number of carbonyl (C=O) groups is 3. The van der Waals surface area contributed by atoms with E-state index in [0.29, 0.717) is 0 Å². The number of rotatable bonds is 6. The number of aldehydes is 1. The van der Waals surface area contributed by atoms with Gasteiger partial charge in [0.25, 0.3) is 0 Å². The molecule has 0 aromatic carbocycles. The largest absolute Gasteiger partial charge is 0.396 e. The first kappa shape index (κ1) is 13.9. The Bertz CT molecular complexity index is 269. The molecule has 0 amide bonds. The van der Waals surface area contributed by atoms with Crippen molar-refractivity contribution >= 4 is 17.9 Å². The number of ketones is 2. The van der Waals surface area contributed by atoms with E-state index in [1.54, 1.807) is 0 Å². The Morgan fingerprint density at radius 3 is 2.13 bits per heavy atom. The van der Waals surface area contributed by atoms with Crippen LogP contribution in [-0.4, -0.2) is 40.8 Å². The molecule has 86 valence electrons. The third kappa shape index (κ3) is 3.21. The van der Waals surface area contributed by atoms with Crippen LogP contribution in [0.15, 0.2) is 0 Å². The van der Waals surface area contributed by atoms with Gasteiger partial charge in [0.05, 0.1) is 6.61 Å². The zero-order valence-electron chi connectivity index (χ0n) is 9.06. The topological polar surface area (TPSA) is 91.7 Å². The zero-order valence-corrected chi connectivity index (χ0v) is 9.06. The summed E-state index contributed by atoms with van der Waals surface area (Å²) in [5.41, 5.74) is -1.06. The molecule has 15 heavy (non-hydrogen) atoms. The van der Waals surface area contributed by atoms with E-state index in [1.807, 2.05) is 0 Å². The second-order valence-electron chi connectivity index (χ2n) is 4.18. The molecule has 0 aliphatic carbocycles. The molecule has 0 saturated carbocycles. The summed E-state index contributed by atoms with van der Waals surface area (Å²) in [6.07, 6.45) is -1.32. The molecule has 0 aliphatic heterocycles. The van der Waals surface area contributed by atoms with Crippen molar-refractivity contribution in [3.63, 3.8) is 0 Å². The first-order chi connectivity index (χ1) is 6.77. The maximum atomic E-state index is 11.5. The third-order valence-corrected chi connectivity index (χ3v) is 2.30. The molecule has 0 fully saturated rings. The predicted molar refractivity (Wildman–Crippen MR) is 52.1 cm³/mol. The van der Waals surface area contributed by atoms with Crippen LogP contribution in [0.4, 0.5) is 0 Å². The average Bonchev–Trinajstić information content (AvgIpc) is 2.16. The van der Waals surface area contributed by atoms with Crippen molar-refractivity contribution in [3.8, 4) is 0 Å². The van der Waals surface area contributed by atoms with E-state index in [1.165, 1.54) is 13.8 Å². The van der Waals surface area contributed by atoms with E-state index >= 15 is 0 Å². The molecule has 0 saturated heterocycles. The predicted octanol–water partition coefficient (Wildman–Crippen LogP) is -0.661. The maximum Gasteiger partial charge on any atom is 0.179 e. The lowest BCUT2D eigenvalue weighted by atomic mass is 9.81. The van der Waals surface area contributed by atoms with Crippen LogP contribution in [0.2, 0.25) is 0 Å². The summed E-state index contributed by atoms with van der Waals surface area (Å²) in [5, 5.41) is 18.5. The number of Topliss-reactive ketones (excluding diaryl/α,β-unsaturated/α-hetero) is 2. The standard InChI is InChI=1S/C10H16O5/c1-6(13)7(4-11)8(14)9(15)10(2,3)5-12/h4,7,9,12,15H,5H2,1-3H3. The highest BCUT2D eigenvalue weighted by Gasteiger charge is 2.38. The Morgan fingerprint density at radius 1 is 1.40 bits per heavy atom. The molecule has 2 unspecified atom stereocenters. The Balaban J connectivity index is 4.85. The molecular weight excluding hydrogens is 200 g/mol. The maximum absolute atomic E-state index is 11.5. The van der Waals surface area contributed by atoms with Gasteiger partial charge in [0, 0.05) is 5.41 Å². The van der Waals surface area contributed by atoms with E-state index in [4.69, 9.17) is 5.11 Å². The lowest BCUT2D eigenvalue weighted by Gasteiger charge is -2.28. The first-order valence-electron chi connectivity index (χ1n) is 4.56. The van der Waals surface area contributed by atoms with Gasteiger partial charge in [-0.25, -0.2) is 0 Å². The van der Waals surface area contributed by atoms with E-state index in [0.717, 1.165) is 6.92 Å². The highest BCUT2D eigenvalue weighted by Crippen LogP contribution is 2.22. The SMILES string of the molecule is CC(=O)C(C=O)C(=O)C(O)C(C)(C)CO. The van der Waals surface area contributed by atoms with Crippen molar-refractivity contribution in [1.82, 2.24) is 0 Å². The monoisotopic (exact) mass is 216 g/mol. The summed E-state index contributed by atoms with van der Waals surface area (Å²) in [6.45, 7) is 3.63. The zero-order chi connectivity index (χ0) is 12.2. The van der Waals surface area contributed by atoms with Crippen LogP contribution >= 0.6 is 0 Å². The van der Waals surface area contributed by atoms with Gasteiger partial charge >= 0.3 is 0 Å². The number of hydrogen-bond acceptors (Lipinski definition) is 5. The van der Waals surface area contributed by atoms with Crippen molar-refractivity contribution in [3.05, 3.63) is 0 Å². The molecule has 0 bridgehead atoms. The van der Waals surface area contributed by atoms with Crippen molar-refractivity contribution in [1.29, 1.82) is 0 Å². The van der Waals surface area contributed by atoms with E-state index < -0.39 is 35.6 Å². The summed E-state index contributed by atoms with van der Waals surface area (Å²) in [5.74, 6) is -2.91. The van der Waals surface area contributed by atoms with E-state index in [9.17, 15) is 19.5 Å². The van der Waals surface area contributed by atoms with Gasteiger partial charge in [0.2, 0.25) is 0 Å². The smallest absolute Gasteiger partial charge is 0.179 e. The normalized spacial score (nSPS) is 15.5. The summed E-state index contributed by atoms with van der Waals surface area (Å²) in [4.78, 5) is 32.9. The molecular formula is C10H16O5. The molecule has 5 heteroatoms. The van der Waals surface area contributed by atoms with Crippen molar-refractivity contribution in [2.24, 2.45) is 11.3 Å². The Labute approximate surface area is 88.1 Å². The third-order valence-electron chi connectivity index (χ3n) is 2.30.